The van der Waals surface area contributed by atoms with Gasteiger partial charge in [-0.3, -0.25) is 13.8 Å². The predicted octanol–water partition coefficient (Wildman–Crippen LogP) is 9.39. The SMILES string of the molecule is CCCNC(=O)c1ccc(C)c(-c2nc(NCCCNC(C)(C)C)nc3c2CNC(=O)N3c2c(F)cccc2F)c1.CCCNC(=O)c1ccc(C)c(-c2nc(S(C)=O)nc3c2CNC(=O)N3c2c(F)cccc2F)c1. The van der Waals surface area contributed by atoms with Crippen LogP contribution in [0.2, 0.25) is 0 Å². The quantitative estimate of drug-likeness (QED) is 0.0305. The van der Waals surface area contributed by atoms with Crippen LogP contribution < -0.4 is 41.7 Å². The molecule has 0 aliphatic carbocycles. The number of nitrogens with zero attached hydrogens (tertiary/aromatic N) is 6. The number of benzene rings is 4. The van der Waals surface area contributed by atoms with Crippen LogP contribution in [0.4, 0.5) is 56.1 Å². The Morgan fingerprint density at radius 1 is 0.645 bits per heavy atom. The van der Waals surface area contributed by atoms with Crippen molar-refractivity contribution in [1.82, 2.24) is 46.5 Å². The van der Waals surface area contributed by atoms with Gasteiger partial charge >= 0.3 is 12.1 Å². The van der Waals surface area contributed by atoms with Gasteiger partial charge in [0.1, 0.15) is 34.6 Å². The molecule has 0 fully saturated rings. The molecule has 1 atom stereocenters. The molecule has 0 radical (unpaired) electrons. The second-order valence-electron chi connectivity index (χ2n) is 19.0. The van der Waals surface area contributed by atoms with Crippen LogP contribution in [0.3, 0.4) is 0 Å². The number of anilines is 5. The van der Waals surface area contributed by atoms with E-state index in [4.69, 9.17) is 4.98 Å². The molecule has 17 nitrogen and oxygen atoms in total. The van der Waals surface area contributed by atoms with Gasteiger partial charge in [0.2, 0.25) is 11.1 Å². The van der Waals surface area contributed by atoms with Gasteiger partial charge in [0.15, 0.2) is 11.6 Å². The number of fused-ring (bicyclic) bond motifs is 2. The molecule has 2 aliphatic rings. The van der Waals surface area contributed by atoms with Gasteiger partial charge in [-0.05, 0) is 120 Å². The van der Waals surface area contributed by atoms with Crippen LogP contribution in [0.1, 0.15) is 96.9 Å². The first-order chi connectivity index (χ1) is 36.2. The summed E-state index contributed by atoms with van der Waals surface area (Å²) in [4.78, 5) is 71.0. The van der Waals surface area contributed by atoms with E-state index in [1.807, 2.05) is 33.8 Å². The van der Waals surface area contributed by atoms with Crippen LogP contribution in [-0.4, -0.2) is 86.0 Å². The third-order valence-corrected chi connectivity index (χ3v) is 12.8. The Bertz CT molecular complexity index is 3190. The van der Waals surface area contributed by atoms with Gasteiger partial charge in [0, 0.05) is 64.8 Å². The first-order valence-corrected chi connectivity index (χ1v) is 26.2. The summed E-state index contributed by atoms with van der Waals surface area (Å²) in [5.41, 5.74) is 4.07. The molecule has 0 spiro atoms. The van der Waals surface area contributed by atoms with Crippen LogP contribution in [-0.2, 0) is 23.9 Å². The third-order valence-electron chi connectivity index (χ3n) is 12.1. The standard InChI is InChI=1S/C30H37F2N7O2.C24H23F2N5O3S/c1-6-13-33-27(40)19-12-11-18(2)20(16-19)24-21-17-35-29(41)39(25-22(31)9-7-10-23(25)32)26(21)38-28(37-24)34-14-8-15-36-30(3,4)5;1-4-10-27-22(32)14-9-8-13(2)15(11-14)19-16-12-28-24(33)31(20-17(25)6-5-7-18(20)26)21(16)30-23(29-19)35(3)34/h7,9-12,16,36H,6,8,13-15,17H2,1-5H3,(H,33,40)(H,35,41)(H,34,37,38);5-9,11H,4,10,12H2,1-3H3,(H,27,32)(H,28,33). The highest BCUT2D eigenvalue weighted by atomic mass is 32.2. The normalized spacial score (nSPS) is 13.4. The summed E-state index contributed by atoms with van der Waals surface area (Å²) in [5, 5.41) is 17.5. The second-order valence-corrected chi connectivity index (χ2v) is 20.2. The van der Waals surface area contributed by atoms with Crippen molar-refractivity contribution < 1.29 is 40.9 Å². The zero-order valence-corrected chi connectivity index (χ0v) is 44.3. The number of amides is 6. The van der Waals surface area contributed by atoms with Crippen molar-refractivity contribution in [2.24, 2.45) is 0 Å². The smallest absolute Gasteiger partial charge is 0.328 e. The Balaban J connectivity index is 0.000000224. The van der Waals surface area contributed by atoms with E-state index in [9.17, 15) is 40.9 Å². The minimum Gasteiger partial charge on any atom is -0.354 e. The van der Waals surface area contributed by atoms with E-state index in [0.717, 1.165) is 71.0 Å². The average Bonchev–Trinajstić information content (AvgIpc) is 3.38. The number of nitrogens with one attached hydrogen (secondary N) is 6. The van der Waals surface area contributed by atoms with E-state index in [-0.39, 0.29) is 53.2 Å². The van der Waals surface area contributed by atoms with E-state index in [2.05, 4.69) is 67.6 Å². The lowest BCUT2D eigenvalue weighted by Gasteiger charge is -2.31. The number of aromatic nitrogens is 4. The van der Waals surface area contributed by atoms with Crippen molar-refractivity contribution in [3.63, 3.8) is 0 Å². The Morgan fingerprint density at radius 3 is 1.53 bits per heavy atom. The lowest BCUT2D eigenvalue weighted by atomic mass is 9.97. The van der Waals surface area contributed by atoms with Crippen LogP contribution in [0, 0.1) is 37.1 Å². The highest BCUT2D eigenvalue weighted by Gasteiger charge is 2.36. The van der Waals surface area contributed by atoms with Gasteiger partial charge in [0.25, 0.3) is 11.8 Å². The minimum absolute atomic E-state index is 0.0286. The number of urea groups is 2. The van der Waals surface area contributed by atoms with Crippen molar-refractivity contribution in [3.05, 3.63) is 129 Å². The molecule has 0 saturated heterocycles. The third kappa shape index (κ3) is 12.6. The number of carbonyl (C=O) groups is 4. The molecule has 400 valence electrons. The van der Waals surface area contributed by atoms with E-state index in [1.54, 1.807) is 30.3 Å². The summed E-state index contributed by atoms with van der Waals surface area (Å²) in [6.07, 6.45) is 3.69. The molecule has 0 bridgehead atoms. The molecule has 4 aromatic carbocycles. The molecule has 1 unspecified atom stereocenters. The molecule has 6 amide bonds. The fourth-order valence-electron chi connectivity index (χ4n) is 8.24. The molecular weight excluding hydrogens is 1000 g/mol. The first-order valence-electron chi connectivity index (χ1n) is 24.7. The summed E-state index contributed by atoms with van der Waals surface area (Å²) < 4.78 is 71.7. The summed E-state index contributed by atoms with van der Waals surface area (Å²) in [7, 11) is -1.68. The Labute approximate surface area is 440 Å². The lowest BCUT2D eigenvalue weighted by molar-refractivity contribution is 0.0945. The van der Waals surface area contributed by atoms with Crippen LogP contribution in [0.25, 0.3) is 22.5 Å². The molecular formula is C54H60F4N12O5S. The summed E-state index contributed by atoms with van der Waals surface area (Å²) in [6.45, 7) is 16.2. The van der Waals surface area contributed by atoms with E-state index < -0.39 is 57.5 Å². The van der Waals surface area contributed by atoms with E-state index in [1.165, 1.54) is 18.4 Å². The predicted molar refractivity (Wildman–Crippen MR) is 284 cm³/mol. The molecule has 22 heteroatoms. The van der Waals surface area contributed by atoms with Crippen LogP contribution >= 0.6 is 0 Å². The second kappa shape index (κ2) is 24.2. The zero-order valence-electron chi connectivity index (χ0n) is 43.4. The maximum absolute atomic E-state index is 14.9. The van der Waals surface area contributed by atoms with Gasteiger partial charge in [-0.2, -0.15) is 4.98 Å². The molecule has 2 aromatic heterocycles. The summed E-state index contributed by atoms with van der Waals surface area (Å²) >= 11 is 0. The topological polar surface area (TPSA) is 216 Å². The van der Waals surface area contributed by atoms with Crippen molar-refractivity contribution in [2.45, 2.75) is 91.5 Å². The van der Waals surface area contributed by atoms with Crippen molar-refractivity contribution in [3.8, 4) is 22.5 Å². The number of aryl methyl sites for hydroxylation is 2. The number of hydrogen-bond donors (Lipinski definition) is 6. The number of carbonyl (C=O) groups excluding carboxylic acids is 4. The fraction of sp³-hybridized carbons (Fsp3) is 0.333. The van der Waals surface area contributed by atoms with E-state index in [0.29, 0.717) is 64.4 Å². The highest BCUT2D eigenvalue weighted by Crippen LogP contribution is 2.41. The molecule has 0 saturated carbocycles. The maximum Gasteiger partial charge on any atom is 0.328 e. The van der Waals surface area contributed by atoms with Gasteiger partial charge in [0.05, 0.1) is 35.3 Å². The maximum atomic E-state index is 14.9. The molecule has 76 heavy (non-hydrogen) atoms. The van der Waals surface area contributed by atoms with Crippen molar-refractivity contribution in [2.75, 3.05) is 47.6 Å². The summed E-state index contributed by atoms with van der Waals surface area (Å²) in [6, 6.07) is 15.5. The highest BCUT2D eigenvalue weighted by molar-refractivity contribution is 7.84. The van der Waals surface area contributed by atoms with Crippen LogP contribution in [0.5, 0.6) is 0 Å². The molecule has 2 aliphatic heterocycles. The largest absolute Gasteiger partial charge is 0.354 e. The lowest BCUT2D eigenvalue weighted by Crippen LogP contribution is -2.43. The fourth-order valence-corrected chi connectivity index (χ4v) is 8.68. The molecule has 8 rings (SSSR count). The Kier molecular flexibility index (Phi) is 17.8. The van der Waals surface area contributed by atoms with Gasteiger partial charge in [-0.1, -0.05) is 38.1 Å². The number of rotatable bonds is 16. The number of hydrogen-bond acceptors (Lipinski definition) is 11. The minimum atomic E-state index is -1.68. The van der Waals surface area contributed by atoms with Crippen molar-refractivity contribution >= 4 is 63.6 Å². The molecule has 6 N–H and O–H groups in total. The zero-order chi connectivity index (χ0) is 55.0. The van der Waals surface area contributed by atoms with E-state index >= 15 is 0 Å². The number of halogens is 4. The van der Waals surface area contributed by atoms with Crippen molar-refractivity contribution in [1.29, 1.82) is 0 Å². The molecule has 6 aromatic rings. The average molecular weight is 1070 g/mol. The Morgan fingerprint density at radius 2 is 1.09 bits per heavy atom. The monoisotopic (exact) mass is 1060 g/mol. The Hall–Kier alpha value is -7.85. The van der Waals surface area contributed by atoms with Gasteiger partial charge in [-0.15, -0.1) is 0 Å². The number of para-hydroxylation sites is 2. The first kappa shape index (κ1) is 55.9. The van der Waals surface area contributed by atoms with Gasteiger partial charge in [-0.25, -0.2) is 51.9 Å². The van der Waals surface area contributed by atoms with Crippen LogP contribution in [0.15, 0.2) is 78.0 Å². The van der Waals surface area contributed by atoms with Gasteiger partial charge < -0.3 is 31.9 Å². The summed E-state index contributed by atoms with van der Waals surface area (Å²) in [5.74, 6) is -4.01. The molecule has 4 heterocycles.